The topological polar surface area (TPSA) is 77.1 Å². The molecule has 3 rings (SSSR count). The third-order valence-corrected chi connectivity index (χ3v) is 4.26. The predicted molar refractivity (Wildman–Crippen MR) is 89.4 cm³/mol. The quantitative estimate of drug-likeness (QED) is 0.821. The van der Waals surface area contributed by atoms with Crippen LogP contribution in [0.15, 0.2) is 24.3 Å². The molecule has 24 heavy (non-hydrogen) atoms. The maximum atomic E-state index is 11.9. The largest absolute Gasteiger partial charge is 0.461 e. The van der Waals surface area contributed by atoms with E-state index in [9.17, 15) is 4.79 Å². The second kappa shape index (κ2) is 8.06. The molecule has 1 aromatic carbocycles. The number of rotatable bonds is 6. The Balaban J connectivity index is 1.71. The summed E-state index contributed by atoms with van der Waals surface area (Å²) in [7, 11) is 0. The Kier molecular flexibility index (Phi) is 5.59. The van der Waals surface area contributed by atoms with Gasteiger partial charge in [-0.1, -0.05) is 37.5 Å². The summed E-state index contributed by atoms with van der Waals surface area (Å²) >= 11 is 0. The Hall–Kier alpha value is -2.21. The van der Waals surface area contributed by atoms with Gasteiger partial charge in [-0.15, -0.1) is 5.10 Å². The Labute approximate surface area is 141 Å². The van der Waals surface area contributed by atoms with Crippen molar-refractivity contribution in [3.8, 4) is 11.3 Å². The highest BCUT2D eigenvalue weighted by Gasteiger charge is 2.19. The van der Waals surface area contributed by atoms with Crippen molar-refractivity contribution in [2.75, 3.05) is 6.61 Å². The molecule has 0 spiro atoms. The summed E-state index contributed by atoms with van der Waals surface area (Å²) in [6.07, 6.45) is 6.49. The van der Waals surface area contributed by atoms with E-state index in [0.717, 1.165) is 24.0 Å². The third kappa shape index (κ3) is 4.00. The van der Waals surface area contributed by atoms with Gasteiger partial charge >= 0.3 is 5.97 Å². The highest BCUT2D eigenvalue weighted by molar-refractivity contribution is 5.93. The number of hydrogen-bond donors (Lipinski definition) is 1. The average molecular weight is 329 g/mol. The van der Waals surface area contributed by atoms with E-state index in [4.69, 9.17) is 9.47 Å². The SMILES string of the molecule is CCOC(=O)c1n[nH]nc1-c1cccc(COC2CCCCC2)c1. The van der Waals surface area contributed by atoms with Crippen LogP contribution < -0.4 is 0 Å². The fourth-order valence-electron chi connectivity index (χ4n) is 3.03. The summed E-state index contributed by atoms with van der Waals surface area (Å²) < 4.78 is 11.0. The molecule has 1 aliphatic carbocycles. The van der Waals surface area contributed by atoms with E-state index < -0.39 is 5.97 Å². The van der Waals surface area contributed by atoms with Crippen LogP contribution in [0, 0.1) is 0 Å². The summed E-state index contributed by atoms with van der Waals surface area (Å²) in [5, 5.41) is 10.5. The minimum absolute atomic E-state index is 0.210. The minimum Gasteiger partial charge on any atom is -0.461 e. The Morgan fingerprint density at radius 2 is 2.08 bits per heavy atom. The Morgan fingerprint density at radius 3 is 2.88 bits per heavy atom. The fourth-order valence-corrected chi connectivity index (χ4v) is 3.03. The molecule has 2 aromatic rings. The fraction of sp³-hybridized carbons (Fsp3) is 0.500. The molecule has 0 radical (unpaired) electrons. The molecule has 0 saturated heterocycles. The van der Waals surface area contributed by atoms with E-state index in [1.54, 1.807) is 6.92 Å². The number of esters is 1. The standard InChI is InChI=1S/C18H23N3O3/c1-2-23-18(22)17-16(19-21-20-17)14-8-6-7-13(11-14)12-24-15-9-4-3-5-10-15/h6-8,11,15H,2-5,9-10,12H2,1H3,(H,19,20,21). The molecule has 6 nitrogen and oxygen atoms in total. The Morgan fingerprint density at radius 1 is 1.25 bits per heavy atom. The second-order valence-electron chi connectivity index (χ2n) is 6.01. The van der Waals surface area contributed by atoms with Gasteiger partial charge in [0.1, 0.15) is 5.69 Å². The first-order valence-corrected chi connectivity index (χ1v) is 8.56. The van der Waals surface area contributed by atoms with Crippen molar-refractivity contribution in [1.29, 1.82) is 0 Å². The van der Waals surface area contributed by atoms with Crippen LogP contribution >= 0.6 is 0 Å². The number of benzene rings is 1. The van der Waals surface area contributed by atoms with Crippen LogP contribution in [0.5, 0.6) is 0 Å². The molecule has 0 unspecified atom stereocenters. The van der Waals surface area contributed by atoms with E-state index in [-0.39, 0.29) is 5.69 Å². The van der Waals surface area contributed by atoms with Crippen molar-refractivity contribution in [3.05, 3.63) is 35.5 Å². The van der Waals surface area contributed by atoms with Gasteiger partial charge in [-0.25, -0.2) is 4.79 Å². The molecule has 0 bridgehead atoms. The highest BCUT2D eigenvalue weighted by atomic mass is 16.5. The van der Waals surface area contributed by atoms with Crippen molar-refractivity contribution in [2.24, 2.45) is 0 Å². The number of hydrogen-bond acceptors (Lipinski definition) is 5. The van der Waals surface area contributed by atoms with Gasteiger partial charge in [0.25, 0.3) is 0 Å². The number of aromatic nitrogens is 3. The number of carbonyl (C=O) groups excluding carboxylic acids is 1. The summed E-state index contributed by atoms with van der Waals surface area (Å²) in [6.45, 7) is 2.65. The van der Waals surface area contributed by atoms with Gasteiger partial charge in [-0.05, 0) is 31.4 Å². The maximum Gasteiger partial charge on any atom is 0.361 e. The van der Waals surface area contributed by atoms with Gasteiger partial charge in [-0.3, -0.25) is 0 Å². The lowest BCUT2D eigenvalue weighted by molar-refractivity contribution is 0.0169. The predicted octanol–water partition coefficient (Wildman–Crippen LogP) is 3.50. The van der Waals surface area contributed by atoms with E-state index in [0.29, 0.717) is 25.0 Å². The van der Waals surface area contributed by atoms with Crippen LogP contribution in [0.25, 0.3) is 11.3 Å². The molecule has 0 aliphatic heterocycles. The Bertz CT molecular complexity index is 678. The van der Waals surface area contributed by atoms with E-state index in [1.165, 1.54) is 19.3 Å². The van der Waals surface area contributed by atoms with Crippen molar-refractivity contribution in [3.63, 3.8) is 0 Å². The molecule has 6 heteroatoms. The molecule has 1 aromatic heterocycles. The number of ether oxygens (including phenoxy) is 2. The molecule has 1 aliphatic rings. The molecular weight excluding hydrogens is 306 g/mol. The number of nitrogens with zero attached hydrogens (tertiary/aromatic N) is 2. The molecule has 128 valence electrons. The number of H-pyrrole nitrogens is 1. The van der Waals surface area contributed by atoms with Gasteiger partial charge in [0.2, 0.25) is 0 Å². The molecule has 0 atom stereocenters. The minimum atomic E-state index is -0.467. The number of nitrogens with one attached hydrogen (secondary N) is 1. The lowest BCUT2D eigenvalue weighted by Gasteiger charge is -2.22. The van der Waals surface area contributed by atoms with Crippen molar-refractivity contribution < 1.29 is 14.3 Å². The normalized spacial score (nSPS) is 15.4. The first kappa shape index (κ1) is 16.6. The second-order valence-corrected chi connectivity index (χ2v) is 6.01. The summed E-state index contributed by atoms with van der Waals surface area (Å²) in [5.74, 6) is -0.467. The first-order valence-electron chi connectivity index (χ1n) is 8.56. The third-order valence-electron chi connectivity index (χ3n) is 4.26. The van der Waals surface area contributed by atoms with Gasteiger partial charge in [-0.2, -0.15) is 10.3 Å². The summed E-state index contributed by atoms with van der Waals surface area (Å²) in [4.78, 5) is 11.9. The van der Waals surface area contributed by atoms with Crippen LogP contribution in [0.2, 0.25) is 0 Å². The monoisotopic (exact) mass is 329 g/mol. The lowest BCUT2D eigenvalue weighted by Crippen LogP contribution is -2.16. The molecule has 1 heterocycles. The zero-order chi connectivity index (χ0) is 16.8. The van der Waals surface area contributed by atoms with Crippen LogP contribution in [0.1, 0.15) is 55.1 Å². The number of aromatic amines is 1. The van der Waals surface area contributed by atoms with Gasteiger partial charge < -0.3 is 9.47 Å². The van der Waals surface area contributed by atoms with Gasteiger partial charge in [0.15, 0.2) is 5.69 Å². The van der Waals surface area contributed by atoms with E-state index in [1.807, 2.05) is 24.3 Å². The summed E-state index contributed by atoms with van der Waals surface area (Å²) in [6, 6.07) is 7.86. The molecular formula is C18H23N3O3. The zero-order valence-electron chi connectivity index (χ0n) is 14.0. The van der Waals surface area contributed by atoms with Crippen molar-refractivity contribution in [1.82, 2.24) is 15.4 Å². The highest BCUT2D eigenvalue weighted by Crippen LogP contribution is 2.24. The van der Waals surface area contributed by atoms with Crippen LogP contribution in [0.4, 0.5) is 0 Å². The smallest absolute Gasteiger partial charge is 0.361 e. The van der Waals surface area contributed by atoms with Gasteiger partial charge in [0, 0.05) is 5.56 Å². The van der Waals surface area contributed by atoms with Gasteiger partial charge in [0.05, 0.1) is 19.3 Å². The van der Waals surface area contributed by atoms with E-state index >= 15 is 0 Å². The van der Waals surface area contributed by atoms with Crippen molar-refractivity contribution >= 4 is 5.97 Å². The van der Waals surface area contributed by atoms with Crippen LogP contribution in [-0.2, 0) is 16.1 Å². The van der Waals surface area contributed by atoms with E-state index in [2.05, 4.69) is 15.4 Å². The van der Waals surface area contributed by atoms with Crippen LogP contribution in [-0.4, -0.2) is 34.1 Å². The van der Waals surface area contributed by atoms with Crippen LogP contribution in [0.3, 0.4) is 0 Å². The lowest BCUT2D eigenvalue weighted by atomic mass is 9.98. The maximum absolute atomic E-state index is 11.9. The zero-order valence-corrected chi connectivity index (χ0v) is 14.0. The first-order chi connectivity index (χ1) is 11.8. The number of carbonyl (C=O) groups is 1. The summed E-state index contributed by atoms with van der Waals surface area (Å²) in [5.41, 5.74) is 2.61. The molecule has 0 amide bonds. The average Bonchev–Trinajstić information content (AvgIpc) is 3.11. The molecule has 1 N–H and O–H groups in total. The van der Waals surface area contributed by atoms with Crippen molar-refractivity contribution in [2.45, 2.75) is 51.7 Å². The molecule has 1 fully saturated rings. The molecule has 1 saturated carbocycles.